The Kier molecular flexibility index (Phi) is 6.72. The fourth-order valence-electron chi connectivity index (χ4n) is 3.46. The van der Waals surface area contributed by atoms with E-state index in [1.807, 2.05) is 50.2 Å². The van der Waals surface area contributed by atoms with Crippen molar-refractivity contribution in [2.45, 2.75) is 13.8 Å². The Morgan fingerprint density at radius 2 is 2.00 bits per heavy atom. The molecule has 0 bridgehead atoms. The van der Waals surface area contributed by atoms with Crippen molar-refractivity contribution in [2.75, 3.05) is 6.61 Å². The first-order chi connectivity index (χ1) is 15.4. The van der Waals surface area contributed by atoms with Crippen LogP contribution in [0.4, 0.5) is 0 Å². The SMILES string of the molecule is Cc1cc(/C=N/NC(=O)COc2ccc(Br)cc2Br)c(C)n1-c1ccc2ncccc2c1. The normalized spacial score (nSPS) is 11.2. The number of nitrogens with zero attached hydrogens (tertiary/aromatic N) is 3. The standard InChI is InChI=1S/C24H20Br2N4O2/c1-15-10-18(13-28-29-24(31)14-32-23-8-5-19(25)12-21(23)26)16(2)30(15)20-6-7-22-17(11-20)4-3-9-27-22/h3-13H,14H2,1-2H3,(H,29,31)/b28-13+. The van der Waals surface area contributed by atoms with Crippen LogP contribution in [-0.2, 0) is 4.79 Å². The zero-order valence-corrected chi connectivity index (χ0v) is 20.6. The van der Waals surface area contributed by atoms with E-state index in [0.29, 0.717) is 5.75 Å². The lowest BCUT2D eigenvalue weighted by molar-refractivity contribution is -0.123. The molecule has 162 valence electrons. The number of rotatable bonds is 6. The van der Waals surface area contributed by atoms with Gasteiger partial charge in [-0.3, -0.25) is 9.78 Å². The molecule has 0 atom stereocenters. The fraction of sp³-hybridized carbons (Fsp3) is 0.125. The fourth-order valence-corrected chi connectivity index (χ4v) is 4.62. The van der Waals surface area contributed by atoms with Gasteiger partial charge in [0.15, 0.2) is 6.61 Å². The molecule has 0 fully saturated rings. The summed E-state index contributed by atoms with van der Waals surface area (Å²) in [5.41, 5.74) is 7.55. The van der Waals surface area contributed by atoms with Gasteiger partial charge in [0.1, 0.15) is 5.75 Å². The molecule has 0 radical (unpaired) electrons. The predicted octanol–water partition coefficient (Wildman–Crippen LogP) is 5.70. The molecule has 4 rings (SSSR count). The number of aryl methyl sites for hydroxylation is 1. The van der Waals surface area contributed by atoms with Gasteiger partial charge < -0.3 is 9.30 Å². The minimum absolute atomic E-state index is 0.137. The van der Waals surface area contributed by atoms with E-state index in [1.54, 1.807) is 18.5 Å². The highest BCUT2D eigenvalue weighted by atomic mass is 79.9. The molecule has 2 aromatic heterocycles. The van der Waals surface area contributed by atoms with Crippen molar-refractivity contribution >= 4 is 54.9 Å². The number of benzene rings is 2. The summed E-state index contributed by atoms with van der Waals surface area (Å²) in [6.07, 6.45) is 3.44. The molecule has 2 aromatic carbocycles. The zero-order chi connectivity index (χ0) is 22.7. The summed E-state index contributed by atoms with van der Waals surface area (Å²) in [5, 5.41) is 5.18. The third-order valence-electron chi connectivity index (χ3n) is 4.96. The number of carbonyl (C=O) groups is 1. The van der Waals surface area contributed by atoms with Crippen molar-refractivity contribution in [1.82, 2.24) is 15.0 Å². The molecule has 4 aromatic rings. The highest BCUT2D eigenvalue weighted by Crippen LogP contribution is 2.28. The van der Waals surface area contributed by atoms with Gasteiger partial charge in [0.25, 0.3) is 5.91 Å². The number of nitrogens with one attached hydrogen (secondary N) is 1. The van der Waals surface area contributed by atoms with E-state index in [4.69, 9.17) is 4.74 Å². The van der Waals surface area contributed by atoms with Crippen LogP contribution in [0.15, 0.2) is 74.8 Å². The Hall–Kier alpha value is -2.97. The summed E-state index contributed by atoms with van der Waals surface area (Å²) >= 11 is 6.79. The van der Waals surface area contributed by atoms with Crippen LogP contribution >= 0.6 is 31.9 Å². The van der Waals surface area contributed by atoms with Gasteiger partial charge in [-0.25, -0.2) is 5.43 Å². The van der Waals surface area contributed by atoms with E-state index >= 15 is 0 Å². The monoisotopic (exact) mass is 554 g/mol. The third kappa shape index (κ3) is 4.92. The van der Waals surface area contributed by atoms with Gasteiger partial charge in [-0.2, -0.15) is 5.10 Å². The van der Waals surface area contributed by atoms with Crippen LogP contribution < -0.4 is 10.2 Å². The van der Waals surface area contributed by atoms with Crippen LogP contribution in [0.3, 0.4) is 0 Å². The van der Waals surface area contributed by atoms with Gasteiger partial charge in [-0.1, -0.05) is 22.0 Å². The Morgan fingerprint density at radius 1 is 1.16 bits per heavy atom. The van der Waals surface area contributed by atoms with Crippen LogP contribution in [0.5, 0.6) is 5.75 Å². The second-order valence-corrected chi connectivity index (χ2v) is 8.97. The second-order valence-electron chi connectivity index (χ2n) is 7.20. The lowest BCUT2D eigenvalue weighted by atomic mass is 10.2. The smallest absolute Gasteiger partial charge is 0.277 e. The average Bonchev–Trinajstić information content (AvgIpc) is 3.05. The number of fused-ring (bicyclic) bond motifs is 1. The summed E-state index contributed by atoms with van der Waals surface area (Å²) in [6, 6.07) is 17.7. The Morgan fingerprint density at radius 3 is 2.81 bits per heavy atom. The number of hydrazone groups is 1. The van der Waals surface area contributed by atoms with Crippen LogP contribution in [0.2, 0.25) is 0 Å². The lowest BCUT2D eigenvalue weighted by Gasteiger charge is -2.10. The van der Waals surface area contributed by atoms with E-state index in [9.17, 15) is 4.79 Å². The molecule has 0 saturated carbocycles. The van der Waals surface area contributed by atoms with E-state index in [0.717, 1.165) is 42.5 Å². The number of halogens is 2. The van der Waals surface area contributed by atoms with Crippen LogP contribution in [0.25, 0.3) is 16.6 Å². The Bertz CT molecular complexity index is 1330. The van der Waals surface area contributed by atoms with Crippen LogP contribution in [-0.4, -0.2) is 28.3 Å². The minimum atomic E-state index is -0.341. The summed E-state index contributed by atoms with van der Waals surface area (Å²) < 4.78 is 9.37. The number of carbonyl (C=O) groups excluding carboxylic acids is 1. The molecular weight excluding hydrogens is 536 g/mol. The van der Waals surface area contributed by atoms with Gasteiger partial charge >= 0.3 is 0 Å². The van der Waals surface area contributed by atoms with Gasteiger partial charge in [-0.05, 0) is 78.3 Å². The highest BCUT2D eigenvalue weighted by Gasteiger charge is 2.11. The molecule has 1 amide bonds. The molecule has 0 unspecified atom stereocenters. The first-order valence-electron chi connectivity index (χ1n) is 9.86. The number of amides is 1. The molecule has 1 N–H and O–H groups in total. The van der Waals surface area contributed by atoms with Crippen LogP contribution in [0.1, 0.15) is 17.0 Å². The number of aromatic nitrogens is 2. The van der Waals surface area contributed by atoms with E-state index < -0.39 is 0 Å². The third-order valence-corrected chi connectivity index (χ3v) is 6.07. The Balaban J connectivity index is 1.43. The van der Waals surface area contributed by atoms with Crippen molar-refractivity contribution < 1.29 is 9.53 Å². The lowest BCUT2D eigenvalue weighted by Crippen LogP contribution is -2.24. The molecule has 6 nitrogen and oxygen atoms in total. The largest absolute Gasteiger partial charge is 0.483 e. The predicted molar refractivity (Wildman–Crippen MR) is 134 cm³/mol. The van der Waals surface area contributed by atoms with E-state index in [1.165, 1.54) is 0 Å². The number of ether oxygens (including phenoxy) is 1. The first-order valence-corrected chi connectivity index (χ1v) is 11.4. The zero-order valence-electron chi connectivity index (χ0n) is 17.5. The molecule has 0 spiro atoms. The van der Waals surface area contributed by atoms with Crippen molar-refractivity contribution in [2.24, 2.45) is 5.10 Å². The maximum absolute atomic E-state index is 12.1. The minimum Gasteiger partial charge on any atom is -0.483 e. The molecule has 0 aliphatic rings. The van der Waals surface area contributed by atoms with E-state index in [2.05, 4.69) is 64.1 Å². The number of pyridine rings is 1. The maximum Gasteiger partial charge on any atom is 0.277 e. The molecule has 0 aliphatic carbocycles. The quantitative estimate of drug-likeness (QED) is 0.245. The molecule has 8 heteroatoms. The molecule has 0 saturated heterocycles. The van der Waals surface area contributed by atoms with Crippen molar-refractivity contribution in [3.8, 4) is 11.4 Å². The first kappa shape index (κ1) is 22.2. The second kappa shape index (κ2) is 9.67. The summed E-state index contributed by atoms with van der Waals surface area (Å²) in [7, 11) is 0. The topological polar surface area (TPSA) is 68.5 Å². The number of hydrogen-bond acceptors (Lipinski definition) is 4. The molecule has 32 heavy (non-hydrogen) atoms. The van der Waals surface area contributed by atoms with Gasteiger partial charge in [0.2, 0.25) is 0 Å². The van der Waals surface area contributed by atoms with Crippen molar-refractivity contribution in [3.63, 3.8) is 0 Å². The average molecular weight is 556 g/mol. The van der Waals surface area contributed by atoms with Gasteiger partial charge in [0.05, 0.1) is 16.2 Å². The van der Waals surface area contributed by atoms with Crippen LogP contribution in [0, 0.1) is 13.8 Å². The van der Waals surface area contributed by atoms with Crippen molar-refractivity contribution in [1.29, 1.82) is 0 Å². The van der Waals surface area contributed by atoms with Crippen molar-refractivity contribution in [3.05, 3.63) is 86.7 Å². The maximum atomic E-state index is 12.1. The van der Waals surface area contributed by atoms with E-state index in [-0.39, 0.29) is 12.5 Å². The molecular formula is C24H20Br2N4O2. The summed E-state index contributed by atoms with van der Waals surface area (Å²) in [5.74, 6) is 0.244. The Labute approximate surface area is 202 Å². The highest BCUT2D eigenvalue weighted by molar-refractivity contribution is 9.11. The molecule has 0 aliphatic heterocycles. The van der Waals surface area contributed by atoms with Gasteiger partial charge in [0, 0.05) is 38.7 Å². The number of hydrogen-bond donors (Lipinski definition) is 1. The summed E-state index contributed by atoms with van der Waals surface area (Å²) in [4.78, 5) is 16.5. The summed E-state index contributed by atoms with van der Waals surface area (Å²) in [6.45, 7) is 3.93. The molecule has 2 heterocycles. The van der Waals surface area contributed by atoms with Gasteiger partial charge in [-0.15, -0.1) is 0 Å².